The molecule has 0 aromatic carbocycles. The number of thiophene rings is 1. The molecule has 0 bridgehead atoms. The fourth-order valence-corrected chi connectivity index (χ4v) is 2.63. The van der Waals surface area contributed by atoms with E-state index in [0.717, 1.165) is 10.6 Å². The van der Waals surface area contributed by atoms with Gasteiger partial charge >= 0.3 is 5.97 Å². The zero-order valence-corrected chi connectivity index (χ0v) is 11.9. The molecule has 0 fully saturated rings. The lowest BCUT2D eigenvalue weighted by Crippen LogP contribution is -2.41. The number of carboxylic acids is 1. The highest BCUT2D eigenvalue weighted by atomic mass is 32.2. The average molecular weight is 287 g/mol. The van der Waals surface area contributed by atoms with Crippen LogP contribution in [0.3, 0.4) is 0 Å². The van der Waals surface area contributed by atoms with Gasteiger partial charge in [0.05, 0.1) is 0 Å². The van der Waals surface area contributed by atoms with Crippen molar-refractivity contribution >= 4 is 35.0 Å². The van der Waals surface area contributed by atoms with E-state index in [2.05, 4.69) is 5.32 Å². The zero-order chi connectivity index (χ0) is 13.4. The molecule has 1 aromatic heterocycles. The van der Waals surface area contributed by atoms with Crippen molar-refractivity contribution < 1.29 is 14.7 Å². The maximum Gasteiger partial charge on any atom is 0.326 e. The van der Waals surface area contributed by atoms with Crippen LogP contribution in [0.1, 0.15) is 17.7 Å². The Morgan fingerprint density at radius 3 is 2.89 bits per heavy atom. The molecule has 0 saturated heterocycles. The number of rotatable bonds is 8. The van der Waals surface area contributed by atoms with Gasteiger partial charge in [-0.2, -0.15) is 11.8 Å². The summed E-state index contributed by atoms with van der Waals surface area (Å²) in [6, 6.07) is 3.14. The molecular formula is C12H17NO3S2. The number of amides is 1. The Morgan fingerprint density at radius 2 is 2.33 bits per heavy atom. The summed E-state index contributed by atoms with van der Waals surface area (Å²) in [6.07, 6.45) is 3.38. The van der Waals surface area contributed by atoms with Gasteiger partial charge in [-0.1, -0.05) is 6.07 Å². The third kappa shape index (κ3) is 5.55. The number of nitrogens with one attached hydrogen (secondary N) is 1. The largest absolute Gasteiger partial charge is 0.480 e. The second-order valence-corrected chi connectivity index (χ2v) is 5.84. The van der Waals surface area contributed by atoms with Crippen LogP contribution in [0.2, 0.25) is 0 Å². The summed E-state index contributed by atoms with van der Waals surface area (Å²) >= 11 is 3.18. The fraction of sp³-hybridized carbons (Fsp3) is 0.500. The van der Waals surface area contributed by atoms with E-state index in [1.54, 1.807) is 23.1 Å². The molecule has 4 nitrogen and oxygen atoms in total. The van der Waals surface area contributed by atoms with Crippen molar-refractivity contribution in [2.75, 3.05) is 12.0 Å². The second kappa shape index (κ2) is 8.16. The number of carbonyl (C=O) groups excluding carboxylic acids is 1. The van der Waals surface area contributed by atoms with Crippen LogP contribution in [0, 0.1) is 0 Å². The van der Waals surface area contributed by atoms with Crippen molar-refractivity contribution in [1.29, 1.82) is 0 Å². The van der Waals surface area contributed by atoms with E-state index in [1.165, 1.54) is 0 Å². The van der Waals surface area contributed by atoms with Gasteiger partial charge in [-0.15, -0.1) is 11.3 Å². The summed E-state index contributed by atoms with van der Waals surface area (Å²) in [7, 11) is 0. The van der Waals surface area contributed by atoms with E-state index >= 15 is 0 Å². The Hall–Kier alpha value is -1.01. The maximum absolute atomic E-state index is 11.6. The standard InChI is InChI=1S/C12H17NO3S2/c1-17-8-6-10(12(15)16)13-11(14)5-4-9-3-2-7-18-9/h2-3,7,10H,4-6,8H2,1H3,(H,13,14)(H,15,16)/t10-/m0/s1. The van der Waals surface area contributed by atoms with E-state index in [4.69, 9.17) is 5.11 Å². The highest BCUT2D eigenvalue weighted by Gasteiger charge is 2.18. The second-order valence-electron chi connectivity index (χ2n) is 3.82. The third-order valence-corrected chi connectivity index (χ3v) is 4.00. The zero-order valence-electron chi connectivity index (χ0n) is 10.2. The number of aryl methyl sites for hydroxylation is 1. The van der Waals surface area contributed by atoms with Crippen LogP contribution in [-0.4, -0.2) is 35.0 Å². The molecule has 1 amide bonds. The molecular weight excluding hydrogens is 270 g/mol. The van der Waals surface area contributed by atoms with Gasteiger partial charge in [0, 0.05) is 11.3 Å². The molecule has 0 aliphatic carbocycles. The highest BCUT2D eigenvalue weighted by molar-refractivity contribution is 7.98. The first-order valence-corrected chi connectivity index (χ1v) is 7.94. The number of carboxylic acid groups (broad SMARTS) is 1. The molecule has 6 heteroatoms. The summed E-state index contributed by atoms with van der Waals surface area (Å²) in [5.74, 6) is -0.437. The molecule has 1 heterocycles. The van der Waals surface area contributed by atoms with Gasteiger partial charge in [0.1, 0.15) is 6.04 Å². The number of hydrogen-bond acceptors (Lipinski definition) is 4. The molecule has 0 aliphatic rings. The number of thioether (sulfide) groups is 1. The van der Waals surface area contributed by atoms with E-state index in [9.17, 15) is 9.59 Å². The van der Waals surface area contributed by atoms with Gasteiger partial charge in [0.2, 0.25) is 5.91 Å². The van der Waals surface area contributed by atoms with Crippen molar-refractivity contribution in [3.05, 3.63) is 22.4 Å². The molecule has 1 atom stereocenters. The topological polar surface area (TPSA) is 66.4 Å². The first-order valence-electron chi connectivity index (χ1n) is 5.67. The van der Waals surface area contributed by atoms with E-state index in [1.807, 2.05) is 23.8 Å². The van der Waals surface area contributed by atoms with Crippen LogP contribution in [0.25, 0.3) is 0 Å². The number of carbonyl (C=O) groups is 2. The maximum atomic E-state index is 11.6. The summed E-state index contributed by atoms with van der Waals surface area (Å²) in [5, 5.41) is 13.5. The molecule has 100 valence electrons. The SMILES string of the molecule is CSCC[C@H](NC(=O)CCc1cccs1)C(=O)O. The van der Waals surface area contributed by atoms with Crippen LogP contribution < -0.4 is 5.32 Å². The number of aliphatic carboxylic acids is 1. The minimum Gasteiger partial charge on any atom is -0.480 e. The molecule has 1 aromatic rings. The van der Waals surface area contributed by atoms with Gasteiger partial charge in [0.25, 0.3) is 0 Å². The smallest absolute Gasteiger partial charge is 0.326 e. The lowest BCUT2D eigenvalue weighted by atomic mass is 10.2. The average Bonchev–Trinajstić information content (AvgIpc) is 2.84. The van der Waals surface area contributed by atoms with Crippen molar-refractivity contribution in [3.63, 3.8) is 0 Å². The van der Waals surface area contributed by atoms with E-state index < -0.39 is 12.0 Å². The lowest BCUT2D eigenvalue weighted by Gasteiger charge is -2.13. The molecule has 0 unspecified atom stereocenters. The normalized spacial score (nSPS) is 12.1. The van der Waals surface area contributed by atoms with Gasteiger partial charge < -0.3 is 10.4 Å². The molecule has 18 heavy (non-hydrogen) atoms. The molecule has 0 spiro atoms. The van der Waals surface area contributed by atoms with Crippen LogP contribution in [0.15, 0.2) is 17.5 Å². The van der Waals surface area contributed by atoms with Gasteiger partial charge in [0.15, 0.2) is 0 Å². The summed E-state index contributed by atoms with van der Waals surface area (Å²) in [6.45, 7) is 0. The Kier molecular flexibility index (Phi) is 6.82. The summed E-state index contributed by atoms with van der Waals surface area (Å²) in [5.41, 5.74) is 0. The van der Waals surface area contributed by atoms with Crippen molar-refractivity contribution in [1.82, 2.24) is 5.32 Å². The van der Waals surface area contributed by atoms with Gasteiger partial charge in [-0.05, 0) is 36.3 Å². The Bertz CT molecular complexity index is 379. The van der Waals surface area contributed by atoms with E-state index in [-0.39, 0.29) is 5.91 Å². The van der Waals surface area contributed by atoms with Crippen molar-refractivity contribution in [2.45, 2.75) is 25.3 Å². The highest BCUT2D eigenvalue weighted by Crippen LogP contribution is 2.11. The van der Waals surface area contributed by atoms with E-state index in [0.29, 0.717) is 19.3 Å². The number of hydrogen-bond donors (Lipinski definition) is 2. The third-order valence-electron chi connectivity index (χ3n) is 2.42. The Balaban J connectivity index is 2.34. The minimum atomic E-state index is -0.964. The first-order chi connectivity index (χ1) is 8.63. The van der Waals surface area contributed by atoms with Gasteiger partial charge in [-0.25, -0.2) is 4.79 Å². The Morgan fingerprint density at radius 1 is 1.56 bits per heavy atom. The van der Waals surface area contributed by atoms with Crippen molar-refractivity contribution in [3.8, 4) is 0 Å². The Labute approximate surface area is 115 Å². The van der Waals surface area contributed by atoms with Crippen molar-refractivity contribution in [2.24, 2.45) is 0 Å². The fourth-order valence-electron chi connectivity index (χ4n) is 1.45. The van der Waals surface area contributed by atoms with Crippen LogP contribution in [0.5, 0.6) is 0 Å². The van der Waals surface area contributed by atoms with Gasteiger partial charge in [-0.3, -0.25) is 4.79 Å². The molecule has 0 aliphatic heterocycles. The van der Waals surface area contributed by atoms with Crippen LogP contribution in [0.4, 0.5) is 0 Å². The molecule has 0 radical (unpaired) electrons. The van der Waals surface area contributed by atoms with Crippen LogP contribution >= 0.6 is 23.1 Å². The molecule has 1 rings (SSSR count). The predicted octanol–water partition coefficient (Wildman–Crippen LogP) is 2.00. The molecule has 0 saturated carbocycles. The monoisotopic (exact) mass is 287 g/mol. The minimum absolute atomic E-state index is 0.197. The summed E-state index contributed by atoms with van der Waals surface area (Å²) < 4.78 is 0. The molecule has 2 N–H and O–H groups in total. The van der Waals surface area contributed by atoms with Crippen LogP contribution in [-0.2, 0) is 16.0 Å². The lowest BCUT2D eigenvalue weighted by molar-refractivity contribution is -0.141. The predicted molar refractivity (Wildman–Crippen MR) is 75.2 cm³/mol. The quantitative estimate of drug-likeness (QED) is 0.767. The summed E-state index contributed by atoms with van der Waals surface area (Å²) in [4.78, 5) is 23.7. The first kappa shape index (κ1) is 15.0.